The summed E-state index contributed by atoms with van der Waals surface area (Å²) in [6, 6.07) is 11.1. The predicted molar refractivity (Wildman–Crippen MR) is 113 cm³/mol. The summed E-state index contributed by atoms with van der Waals surface area (Å²) in [5, 5.41) is 19.1. The average molecular weight is 429 g/mol. The molecule has 2 aromatic heterocycles. The van der Waals surface area contributed by atoms with Crippen LogP contribution in [0.1, 0.15) is 30.9 Å². The van der Waals surface area contributed by atoms with E-state index in [1.54, 1.807) is 29.2 Å². The highest BCUT2D eigenvalue weighted by Gasteiger charge is 2.16. The van der Waals surface area contributed by atoms with Gasteiger partial charge in [-0.1, -0.05) is 32.0 Å². The Morgan fingerprint density at radius 1 is 1.30 bits per heavy atom. The monoisotopic (exact) mass is 428 g/mol. The molecule has 0 amide bonds. The van der Waals surface area contributed by atoms with Crippen LogP contribution in [-0.4, -0.2) is 36.7 Å². The van der Waals surface area contributed by atoms with E-state index in [1.165, 1.54) is 0 Å². The van der Waals surface area contributed by atoms with Crippen molar-refractivity contribution in [1.82, 2.24) is 14.8 Å². The lowest BCUT2D eigenvalue weighted by Crippen LogP contribution is -2.11. The average Bonchev–Trinajstić information content (AvgIpc) is 3.17. The Labute approximate surface area is 177 Å². The van der Waals surface area contributed by atoms with Gasteiger partial charge in [0.25, 0.3) is 0 Å². The van der Waals surface area contributed by atoms with Gasteiger partial charge in [0, 0.05) is 18.5 Å². The summed E-state index contributed by atoms with van der Waals surface area (Å²) in [6.45, 7) is 4.85. The smallest absolute Gasteiger partial charge is 0.307 e. The highest BCUT2D eigenvalue weighted by atomic mass is 32.2. The maximum absolute atomic E-state index is 11.4. The van der Waals surface area contributed by atoms with Crippen LogP contribution in [0.4, 0.5) is 0 Å². The zero-order chi connectivity index (χ0) is 21.7. The Hall–Kier alpha value is -3.04. The van der Waals surface area contributed by atoms with Crippen molar-refractivity contribution >= 4 is 17.0 Å². The lowest BCUT2D eigenvalue weighted by molar-refractivity contribution is -0.136. The summed E-state index contributed by atoms with van der Waals surface area (Å²) in [5.41, 5.74) is 3.52. The standard InChI is InChI=1S/C21H24N4O4S/c1-14(2)16-4-3-5-17(18(16)13-21(26)27)15-6-8-23-19(12-15)29-11-10-25-9-7-20(24-25)30(22)28/h3-9,12,14H,10-11,13,22H2,1-2H3,(H,26,27). The van der Waals surface area contributed by atoms with E-state index in [0.29, 0.717) is 24.1 Å². The Morgan fingerprint density at radius 2 is 2.10 bits per heavy atom. The summed E-state index contributed by atoms with van der Waals surface area (Å²) >= 11 is 0. The van der Waals surface area contributed by atoms with E-state index in [1.807, 2.05) is 38.1 Å². The molecule has 1 aromatic carbocycles. The van der Waals surface area contributed by atoms with Crippen LogP contribution in [0.3, 0.4) is 0 Å². The number of hydrogen-bond donors (Lipinski definition) is 2. The minimum absolute atomic E-state index is 0.0493. The maximum atomic E-state index is 11.4. The van der Waals surface area contributed by atoms with Crippen molar-refractivity contribution in [3.63, 3.8) is 0 Å². The van der Waals surface area contributed by atoms with E-state index >= 15 is 0 Å². The normalized spacial score (nSPS) is 12.1. The van der Waals surface area contributed by atoms with Crippen molar-refractivity contribution in [1.29, 1.82) is 0 Å². The van der Waals surface area contributed by atoms with Crippen molar-refractivity contribution in [2.45, 2.75) is 37.8 Å². The van der Waals surface area contributed by atoms with Crippen LogP contribution >= 0.6 is 0 Å². The van der Waals surface area contributed by atoms with Crippen molar-refractivity contribution < 1.29 is 18.8 Å². The highest BCUT2D eigenvalue weighted by molar-refractivity contribution is 7.82. The fourth-order valence-electron chi connectivity index (χ4n) is 3.24. The first-order valence-corrected chi connectivity index (χ1v) is 10.7. The number of nitrogens with zero attached hydrogens (tertiary/aromatic N) is 3. The van der Waals surface area contributed by atoms with Gasteiger partial charge in [0.15, 0.2) is 5.03 Å². The molecule has 9 heteroatoms. The maximum Gasteiger partial charge on any atom is 0.307 e. The number of benzene rings is 1. The first kappa shape index (κ1) is 21.7. The number of carboxylic acids is 1. The third-order valence-corrected chi connectivity index (χ3v) is 5.23. The van der Waals surface area contributed by atoms with Gasteiger partial charge in [-0.05, 0) is 40.3 Å². The van der Waals surface area contributed by atoms with Crippen LogP contribution < -0.4 is 9.88 Å². The minimum atomic E-state index is -1.61. The van der Waals surface area contributed by atoms with Gasteiger partial charge >= 0.3 is 5.97 Å². The van der Waals surface area contributed by atoms with Crippen molar-refractivity contribution in [3.8, 4) is 17.0 Å². The molecule has 0 fully saturated rings. The van der Waals surface area contributed by atoms with Gasteiger partial charge < -0.3 is 9.84 Å². The van der Waals surface area contributed by atoms with Crippen LogP contribution in [0.5, 0.6) is 5.88 Å². The molecule has 158 valence electrons. The number of pyridine rings is 1. The van der Waals surface area contributed by atoms with E-state index in [4.69, 9.17) is 9.88 Å². The van der Waals surface area contributed by atoms with Crippen LogP contribution in [-0.2, 0) is 28.7 Å². The molecule has 8 nitrogen and oxygen atoms in total. The molecule has 3 N–H and O–H groups in total. The number of aliphatic carboxylic acids is 1. The predicted octanol–water partition coefficient (Wildman–Crippen LogP) is 2.76. The van der Waals surface area contributed by atoms with Gasteiger partial charge in [0.05, 0.1) is 13.0 Å². The largest absolute Gasteiger partial charge is 0.481 e. The summed E-state index contributed by atoms with van der Waals surface area (Å²) < 4.78 is 18.6. The van der Waals surface area contributed by atoms with Crippen LogP contribution in [0.25, 0.3) is 11.1 Å². The first-order valence-electron chi connectivity index (χ1n) is 9.47. The number of ether oxygens (including phenoxy) is 1. The van der Waals surface area contributed by atoms with Crippen molar-refractivity contribution in [2.24, 2.45) is 5.14 Å². The lowest BCUT2D eigenvalue weighted by atomic mass is 9.89. The molecule has 0 aliphatic heterocycles. The summed E-state index contributed by atoms with van der Waals surface area (Å²) in [6.07, 6.45) is 3.27. The molecule has 0 saturated heterocycles. The van der Waals surface area contributed by atoms with Crippen molar-refractivity contribution in [3.05, 3.63) is 59.9 Å². The summed E-state index contributed by atoms with van der Waals surface area (Å²) in [5.74, 6) is -0.232. The Balaban J connectivity index is 1.78. The van der Waals surface area contributed by atoms with E-state index in [-0.39, 0.29) is 12.3 Å². The van der Waals surface area contributed by atoms with Gasteiger partial charge in [-0.25, -0.2) is 14.3 Å². The molecule has 0 spiro atoms. The number of carboxylic acid groups (broad SMARTS) is 1. The molecule has 2 heterocycles. The first-order chi connectivity index (χ1) is 14.3. The Morgan fingerprint density at radius 3 is 2.77 bits per heavy atom. The van der Waals surface area contributed by atoms with Gasteiger partial charge in [-0.2, -0.15) is 5.10 Å². The number of hydrogen-bond acceptors (Lipinski definition) is 5. The van der Waals surface area contributed by atoms with Crippen molar-refractivity contribution in [2.75, 3.05) is 6.61 Å². The minimum Gasteiger partial charge on any atom is -0.481 e. The number of carbonyl (C=O) groups is 1. The Bertz CT molecular complexity index is 1060. The molecule has 0 aliphatic rings. The molecule has 30 heavy (non-hydrogen) atoms. The molecule has 3 rings (SSSR count). The third-order valence-electron chi connectivity index (χ3n) is 4.60. The Kier molecular flexibility index (Phi) is 6.96. The third kappa shape index (κ3) is 5.31. The molecular weight excluding hydrogens is 404 g/mol. The molecular formula is C21H24N4O4S. The fourth-order valence-corrected chi connectivity index (χ4v) is 3.62. The van der Waals surface area contributed by atoms with E-state index in [2.05, 4.69) is 10.1 Å². The van der Waals surface area contributed by atoms with E-state index < -0.39 is 17.0 Å². The second-order valence-electron chi connectivity index (χ2n) is 7.04. The molecule has 0 bridgehead atoms. The molecule has 1 atom stereocenters. The SMILES string of the molecule is CC(C)c1cccc(-c2ccnc(OCCn3ccc(S(N)=O)n3)c2)c1CC(=O)O. The van der Waals surface area contributed by atoms with E-state index in [0.717, 1.165) is 22.3 Å². The molecule has 0 radical (unpaired) electrons. The number of aromatic nitrogens is 3. The molecule has 0 aliphatic carbocycles. The fraction of sp³-hybridized carbons (Fsp3) is 0.286. The molecule has 0 saturated carbocycles. The zero-order valence-electron chi connectivity index (χ0n) is 16.8. The summed E-state index contributed by atoms with van der Waals surface area (Å²) in [7, 11) is -1.61. The van der Waals surface area contributed by atoms with Gasteiger partial charge in [0.1, 0.15) is 17.6 Å². The zero-order valence-corrected chi connectivity index (χ0v) is 17.6. The quantitative estimate of drug-likeness (QED) is 0.541. The van der Waals surface area contributed by atoms with Gasteiger partial charge in [-0.3, -0.25) is 9.48 Å². The molecule has 3 aromatic rings. The van der Waals surface area contributed by atoms with Crippen LogP contribution in [0, 0.1) is 0 Å². The second kappa shape index (κ2) is 9.64. The van der Waals surface area contributed by atoms with Crippen LogP contribution in [0.15, 0.2) is 53.8 Å². The van der Waals surface area contributed by atoms with Gasteiger partial charge in [0.2, 0.25) is 5.88 Å². The number of nitrogens with two attached hydrogens (primary N) is 1. The van der Waals surface area contributed by atoms with E-state index in [9.17, 15) is 14.1 Å². The second-order valence-corrected chi connectivity index (χ2v) is 8.06. The van der Waals surface area contributed by atoms with Gasteiger partial charge in [-0.15, -0.1) is 0 Å². The number of rotatable bonds is 9. The highest BCUT2D eigenvalue weighted by Crippen LogP contribution is 2.31. The topological polar surface area (TPSA) is 120 Å². The molecule has 1 unspecified atom stereocenters. The summed E-state index contributed by atoms with van der Waals surface area (Å²) in [4.78, 5) is 15.7. The lowest BCUT2D eigenvalue weighted by Gasteiger charge is -2.17. The van der Waals surface area contributed by atoms with Crippen LogP contribution in [0.2, 0.25) is 0 Å².